The number of hydrogen-bond donors (Lipinski definition) is 0. The topological polar surface area (TPSA) is 35.5 Å². The average molecular weight is 316 g/mol. The summed E-state index contributed by atoms with van der Waals surface area (Å²) in [5.74, 6) is -0.652. The molecule has 0 spiro atoms. The molecule has 0 saturated carbocycles. The fourth-order valence-electron chi connectivity index (χ4n) is 1.60. The number of carbonyl (C=O) groups excluding carboxylic acids is 1. The van der Waals surface area contributed by atoms with Gasteiger partial charge in [0.15, 0.2) is 0 Å². The first kappa shape index (κ1) is 18.1. The van der Waals surface area contributed by atoms with Crippen LogP contribution in [-0.4, -0.2) is 17.7 Å². The Balaban J connectivity index is 3.01. The van der Waals surface area contributed by atoms with E-state index in [1.165, 1.54) is 31.2 Å². The summed E-state index contributed by atoms with van der Waals surface area (Å²) in [5.41, 5.74) is -0.734. The molecule has 0 heterocycles. The third-order valence-corrected chi connectivity index (χ3v) is 2.48. The Labute approximate surface area is 127 Å². The van der Waals surface area contributed by atoms with E-state index in [-0.39, 0.29) is 11.1 Å². The van der Waals surface area contributed by atoms with E-state index in [1.807, 2.05) is 20.8 Å². The van der Waals surface area contributed by atoms with Gasteiger partial charge in [-0.3, -0.25) is 0 Å². The molecule has 0 bridgehead atoms. The molecule has 1 aromatic rings. The second-order valence-corrected chi connectivity index (χ2v) is 5.89. The van der Waals surface area contributed by atoms with Crippen molar-refractivity contribution in [3.05, 3.63) is 42.0 Å². The zero-order valence-corrected chi connectivity index (χ0v) is 13.0. The lowest BCUT2D eigenvalue weighted by atomic mass is 10.1. The van der Waals surface area contributed by atoms with Crippen molar-refractivity contribution in [2.24, 2.45) is 0 Å². The van der Waals surface area contributed by atoms with Crippen LogP contribution in [0.15, 0.2) is 36.4 Å². The summed E-state index contributed by atoms with van der Waals surface area (Å²) >= 11 is 0. The van der Waals surface area contributed by atoms with Crippen LogP contribution in [0.5, 0.6) is 5.75 Å². The summed E-state index contributed by atoms with van der Waals surface area (Å²) < 4.78 is 49.2. The number of hydrogen-bond acceptors (Lipinski definition) is 3. The molecule has 1 atom stereocenters. The van der Waals surface area contributed by atoms with Gasteiger partial charge in [0.05, 0.1) is 0 Å². The minimum atomic E-state index is -4.71. The highest BCUT2D eigenvalue weighted by Crippen LogP contribution is 2.37. The molecular weight excluding hydrogens is 297 g/mol. The van der Waals surface area contributed by atoms with Gasteiger partial charge in [-0.15, -0.1) is 0 Å². The molecule has 122 valence electrons. The number of alkyl halides is 3. The van der Waals surface area contributed by atoms with Gasteiger partial charge in [-0.05, 0) is 39.8 Å². The number of carbonyl (C=O) groups is 1. The highest BCUT2D eigenvalue weighted by Gasteiger charge is 2.44. The molecule has 0 aliphatic heterocycles. The SMILES string of the molecule is C=C(C)C(=O)OC(c1ccc(OC(C)(C)C)cc1)C(F)(F)F. The molecule has 0 aliphatic carbocycles. The molecule has 1 unspecified atom stereocenters. The monoisotopic (exact) mass is 316 g/mol. The minimum absolute atomic E-state index is 0.0954. The van der Waals surface area contributed by atoms with Gasteiger partial charge in [0, 0.05) is 11.1 Å². The Hall–Kier alpha value is -1.98. The third kappa shape index (κ3) is 5.42. The van der Waals surface area contributed by atoms with Crippen LogP contribution in [-0.2, 0) is 9.53 Å². The van der Waals surface area contributed by atoms with Gasteiger partial charge in [-0.2, -0.15) is 13.2 Å². The molecule has 22 heavy (non-hydrogen) atoms. The van der Waals surface area contributed by atoms with Gasteiger partial charge < -0.3 is 9.47 Å². The van der Waals surface area contributed by atoms with Crippen molar-refractivity contribution in [3.63, 3.8) is 0 Å². The van der Waals surface area contributed by atoms with E-state index < -0.39 is 23.9 Å². The van der Waals surface area contributed by atoms with Gasteiger partial charge in [-0.1, -0.05) is 18.7 Å². The van der Waals surface area contributed by atoms with E-state index in [1.54, 1.807) is 0 Å². The molecule has 0 N–H and O–H groups in total. The third-order valence-electron chi connectivity index (χ3n) is 2.48. The molecule has 0 radical (unpaired) electrons. The smallest absolute Gasteiger partial charge is 0.429 e. The summed E-state index contributed by atoms with van der Waals surface area (Å²) in [6, 6.07) is 5.28. The van der Waals surface area contributed by atoms with E-state index in [0.29, 0.717) is 5.75 Å². The molecule has 0 amide bonds. The van der Waals surface area contributed by atoms with Crippen molar-refractivity contribution in [1.29, 1.82) is 0 Å². The van der Waals surface area contributed by atoms with Crippen LogP contribution in [0, 0.1) is 0 Å². The molecule has 0 aliphatic rings. The van der Waals surface area contributed by atoms with Gasteiger partial charge in [0.2, 0.25) is 6.10 Å². The van der Waals surface area contributed by atoms with Crippen molar-refractivity contribution in [2.75, 3.05) is 0 Å². The fraction of sp³-hybridized carbons (Fsp3) is 0.438. The summed E-state index contributed by atoms with van der Waals surface area (Å²) in [7, 11) is 0. The van der Waals surface area contributed by atoms with E-state index in [2.05, 4.69) is 11.3 Å². The molecular formula is C16H19F3O3. The molecule has 0 saturated heterocycles. The Morgan fingerprint density at radius 2 is 1.64 bits per heavy atom. The maximum atomic E-state index is 13.1. The zero-order valence-electron chi connectivity index (χ0n) is 13.0. The number of ether oxygens (including phenoxy) is 2. The van der Waals surface area contributed by atoms with Crippen molar-refractivity contribution in [1.82, 2.24) is 0 Å². The zero-order chi connectivity index (χ0) is 17.1. The van der Waals surface area contributed by atoms with Crippen LogP contribution >= 0.6 is 0 Å². The van der Waals surface area contributed by atoms with E-state index in [0.717, 1.165) is 0 Å². The Morgan fingerprint density at radius 1 is 1.14 bits per heavy atom. The first-order chi connectivity index (χ1) is 9.90. The van der Waals surface area contributed by atoms with Gasteiger partial charge in [0.25, 0.3) is 0 Å². The summed E-state index contributed by atoms with van der Waals surface area (Å²) in [4.78, 5) is 11.4. The highest BCUT2D eigenvalue weighted by atomic mass is 19.4. The first-order valence-electron chi connectivity index (χ1n) is 6.62. The quantitative estimate of drug-likeness (QED) is 0.602. The standard InChI is InChI=1S/C16H19F3O3/c1-10(2)14(20)21-13(16(17,18)19)11-6-8-12(9-7-11)22-15(3,4)5/h6-9,13H,1H2,2-5H3. The summed E-state index contributed by atoms with van der Waals surface area (Å²) in [6.45, 7) is 10.0. The molecule has 3 nitrogen and oxygen atoms in total. The fourth-order valence-corrected chi connectivity index (χ4v) is 1.60. The number of benzene rings is 1. The second kappa shape index (κ2) is 6.42. The lowest BCUT2D eigenvalue weighted by Gasteiger charge is -2.23. The molecule has 6 heteroatoms. The van der Waals surface area contributed by atoms with Crippen LogP contribution in [0.3, 0.4) is 0 Å². The molecule has 0 fully saturated rings. The van der Waals surface area contributed by atoms with E-state index in [9.17, 15) is 18.0 Å². The minimum Gasteiger partial charge on any atom is -0.488 e. The highest BCUT2D eigenvalue weighted by molar-refractivity contribution is 5.87. The molecule has 1 aromatic carbocycles. The van der Waals surface area contributed by atoms with Gasteiger partial charge in [0.1, 0.15) is 11.4 Å². The Morgan fingerprint density at radius 3 is 2.00 bits per heavy atom. The average Bonchev–Trinajstić information content (AvgIpc) is 2.33. The van der Waals surface area contributed by atoms with Gasteiger partial charge >= 0.3 is 12.1 Å². The van der Waals surface area contributed by atoms with E-state index >= 15 is 0 Å². The van der Waals surface area contributed by atoms with Crippen molar-refractivity contribution in [2.45, 2.75) is 45.6 Å². The lowest BCUT2D eigenvalue weighted by Crippen LogP contribution is -2.26. The van der Waals surface area contributed by atoms with Crippen LogP contribution in [0.2, 0.25) is 0 Å². The second-order valence-electron chi connectivity index (χ2n) is 5.89. The lowest BCUT2D eigenvalue weighted by molar-refractivity contribution is -0.221. The van der Waals surface area contributed by atoms with Crippen LogP contribution in [0.4, 0.5) is 13.2 Å². The van der Waals surface area contributed by atoms with Crippen molar-refractivity contribution >= 4 is 5.97 Å². The maximum Gasteiger partial charge on any atom is 0.429 e. The van der Waals surface area contributed by atoms with Crippen molar-refractivity contribution < 1.29 is 27.4 Å². The summed E-state index contributed by atoms with van der Waals surface area (Å²) in [6.07, 6.45) is -7.04. The predicted molar refractivity (Wildman–Crippen MR) is 76.5 cm³/mol. The molecule has 1 rings (SSSR count). The van der Waals surface area contributed by atoms with E-state index in [4.69, 9.17) is 4.74 Å². The van der Waals surface area contributed by atoms with Crippen LogP contribution in [0.25, 0.3) is 0 Å². The van der Waals surface area contributed by atoms with Crippen molar-refractivity contribution in [3.8, 4) is 5.75 Å². The number of esters is 1. The number of rotatable bonds is 4. The Bertz CT molecular complexity index is 539. The normalized spacial score (nSPS) is 13.4. The molecule has 0 aromatic heterocycles. The van der Waals surface area contributed by atoms with Gasteiger partial charge in [-0.25, -0.2) is 4.79 Å². The summed E-state index contributed by atoms with van der Waals surface area (Å²) in [5, 5.41) is 0. The van der Waals surface area contributed by atoms with Crippen LogP contribution in [0.1, 0.15) is 39.4 Å². The number of halogens is 3. The first-order valence-corrected chi connectivity index (χ1v) is 6.62. The van der Waals surface area contributed by atoms with Crippen LogP contribution < -0.4 is 4.74 Å². The maximum absolute atomic E-state index is 13.1. The Kier molecular flexibility index (Phi) is 5.27. The largest absolute Gasteiger partial charge is 0.488 e. The predicted octanol–water partition coefficient (Wildman–Crippen LogP) is 4.59.